The molecule has 7 aromatic carbocycles. The van der Waals surface area contributed by atoms with Crippen molar-refractivity contribution in [2.75, 3.05) is 0 Å². The monoisotopic (exact) mass is 901 g/mol. The second kappa shape index (κ2) is 16.4. The summed E-state index contributed by atoms with van der Waals surface area (Å²) in [7, 11) is 0. The van der Waals surface area contributed by atoms with Crippen LogP contribution in [0.15, 0.2) is 200 Å². The van der Waals surface area contributed by atoms with Crippen LogP contribution in [0.4, 0.5) is 0 Å². The van der Waals surface area contributed by atoms with Crippen molar-refractivity contribution in [1.82, 2.24) is 34.9 Å². The quantitative estimate of drug-likeness (QED) is 0.150. The largest absolute Gasteiger partial charge is 0.255 e. The zero-order valence-corrected chi connectivity index (χ0v) is 38.5. The molecule has 5 aliphatic rings. The lowest BCUT2D eigenvalue weighted by molar-refractivity contribution is -0.0399. The van der Waals surface area contributed by atoms with Crippen LogP contribution in [0, 0.1) is 23.7 Å². The van der Waals surface area contributed by atoms with Crippen LogP contribution in [0.25, 0.3) is 102 Å². The van der Waals surface area contributed by atoms with Gasteiger partial charge in [0.05, 0.1) is 5.69 Å². The lowest BCUT2D eigenvalue weighted by Crippen LogP contribution is -2.55. The fraction of sp³-hybridized carbons (Fsp3) is 0.159. The van der Waals surface area contributed by atoms with Crippen molar-refractivity contribution < 1.29 is 0 Å². The molecular weight excluding hydrogens is 855 g/mol. The fourth-order valence-corrected chi connectivity index (χ4v) is 12.9. The van der Waals surface area contributed by atoms with Gasteiger partial charge < -0.3 is 0 Å². The molecule has 4 fully saturated rings. The third kappa shape index (κ3) is 6.82. The van der Waals surface area contributed by atoms with Crippen molar-refractivity contribution in [3.8, 4) is 102 Å². The summed E-state index contributed by atoms with van der Waals surface area (Å²) in [5, 5.41) is 0. The Morgan fingerprint density at radius 3 is 1.16 bits per heavy atom. The third-order valence-electron chi connectivity index (χ3n) is 15.8. The van der Waals surface area contributed by atoms with Crippen LogP contribution in [-0.2, 0) is 5.41 Å². The van der Waals surface area contributed by atoms with Gasteiger partial charge >= 0.3 is 0 Å². The van der Waals surface area contributed by atoms with Gasteiger partial charge in [-0.05, 0) is 113 Å². The number of nitrogens with zero attached hydrogens (tertiary/aromatic N) is 7. The summed E-state index contributed by atoms with van der Waals surface area (Å²) in [6, 6.07) is 68.1. The predicted molar refractivity (Wildman–Crippen MR) is 278 cm³/mol. The molecule has 0 atom stereocenters. The van der Waals surface area contributed by atoms with Crippen LogP contribution in [-0.4, -0.2) is 34.9 Å². The minimum absolute atomic E-state index is 0.00852. The normalized spacial score (nSPS) is 20.3. The van der Waals surface area contributed by atoms with E-state index < -0.39 is 0 Å². The predicted octanol–water partition coefficient (Wildman–Crippen LogP) is 14.5. The van der Waals surface area contributed by atoms with E-state index in [1.54, 1.807) is 0 Å². The maximum Gasteiger partial charge on any atom is 0.165 e. The van der Waals surface area contributed by atoms with Crippen molar-refractivity contribution in [3.05, 3.63) is 211 Å². The molecule has 5 aliphatic carbocycles. The van der Waals surface area contributed by atoms with Gasteiger partial charge in [-0.2, -0.15) is 0 Å². The van der Waals surface area contributed by atoms with Crippen molar-refractivity contribution in [2.24, 2.45) is 23.7 Å². The molecule has 7 nitrogen and oxygen atoms in total. The maximum absolute atomic E-state index is 5.14. The fourth-order valence-electron chi connectivity index (χ4n) is 12.9. The second-order valence-corrected chi connectivity index (χ2v) is 19.8. The minimum Gasteiger partial charge on any atom is -0.255 e. The number of pyridine rings is 1. The lowest BCUT2D eigenvalue weighted by atomic mass is 9.43. The Morgan fingerprint density at radius 1 is 0.300 bits per heavy atom. The highest BCUT2D eigenvalue weighted by molar-refractivity contribution is 5.87. The average molecular weight is 902 g/mol. The number of rotatable bonds is 8. The first kappa shape index (κ1) is 40.7. The van der Waals surface area contributed by atoms with Gasteiger partial charge in [-0.3, -0.25) is 4.98 Å². The first-order valence-electron chi connectivity index (χ1n) is 24.7. The standard InChI is InChI=1S/C63H47N7/c1-5-13-42(14-6-1)57-65-58(43-15-7-2-8-16-43)68-61(67-57)46-23-21-41(22-24-46)47-26-29-54-53(36-47)52-28-25-48(37-55(52)63(54)50-32-39-31-40(34-50)35-51(63)33-39)56-30-27-49(38-64-56)62-69-59(44-17-9-3-10-18-44)66-60(70-62)45-19-11-4-12-20-45/h1-30,36-40,50-51H,31-35H2. The first-order valence-corrected chi connectivity index (χ1v) is 24.7. The minimum atomic E-state index is 0.00852. The highest BCUT2D eigenvalue weighted by atomic mass is 15.0. The van der Waals surface area contributed by atoms with E-state index in [-0.39, 0.29) is 5.41 Å². The molecular formula is C63H47N7. The molecule has 10 aromatic rings. The van der Waals surface area contributed by atoms with E-state index in [9.17, 15) is 0 Å². The summed E-state index contributed by atoms with van der Waals surface area (Å²) in [6.07, 6.45) is 8.64. The zero-order chi connectivity index (χ0) is 46.2. The van der Waals surface area contributed by atoms with Crippen LogP contribution < -0.4 is 0 Å². The topological polar surface area (TPSA) is 90.2 Å². The molecule has 4 bridgehead atoms. The molecule has 0 saturated heterocycles. The number of aromatic nitrogens is 7. The van der Waals surface area contributed by atoms with Crippen LogP contribution >= 0.6 is 0 Å². The molecule has 1 spiro atoms. The Hall–Kier alpha value is -8.29. The van der Waals surface area contributed by atoms with Gasteiger partial charge in [-0.25, -0.2) is 29.9 Å². The van der Waals surface area contributed by atoms with E-state index >= 15 is 0 Å². The van der Waals surface area contributed by atoms with Gasteiger partial charge in [0.25, 0.3) is 0 Å². The Balaban J connectivity index is 0.823. The van der Waals surface area contributed by atoms with E-state index in [1.165, 1.54) is 65.5 Å². The molecule has 3 aromatic heterocycles. The number of hydrogen-bond donors (Lipinski definition) is 0. The molecule has 0 N–H and O–H groups in total. The summed E-state index contributed by atoms with van der Waals surface area (Å²) < 4.78 is 0. The van der Waals surface area contributed by atoms with Crippen LogP contribution in [0.2, 0.25) is 0 Å². The molecule has 15 rings (SSSR count). The second-order valence-electron chi connectivity index (χ2n) is 19.8. The molecule has 334 valence electrons. The Morgan fingerprint density at radius 2 is 0.700 bits per heavy atom. The molecule has 3 heterocycles. The first-order chi connectivity index (χ1) is 34.6. The maximum atomic E-state index is 5.14. The Bertz CT molecular complexity index is 3440. The van der Waals surface area contributed by atoms with Gasteiger partial charge in [-0.15, -0.1) is 0 Å². The Kier molecular flexibility index (Phi) is 9.58. The van der Waals surface area contributed by atoms with Crippen LogP contribution in [0.5, 0.6) is 0 Å². The molecule has 0 amide bonds. The van der Waals surface area contributed by atoms with Gasteiger partial charge in [0.2, 0.25) is 0 Å². The third-order valence-corrected chi connectivity index (χ3v) is 15.8. The van der Waals surface area contributed by atoms with E-state index in [2.05, 4.69) is 72.8 Å². The molecule has 0 radical (unpaired) electrons. The van der Waals surface area contributed by atoms with Crippen molar-refractivity contribution in [3.63, 3.8) is 0 Å². The molecule has 0 aliphatic heterocycles. The van der Waals surface area contributed by atoms with Crippen LogP contribution in [0.3, 0.4) is 0 Å². The molecule has 4 saturated carbocycles. The SMILES string of the molecule is c1ccc(-c2nc(-c3ccccc3)nc(-c3ccc(-c4ccc5c(c4)-c4ccc(-c6ccc(-c7nc(-c8ccccc8)nc(-c8ccccc8)n7)cn6)cc4C54C5CC6CC(C5)CC4C6)cc3)n2)cc1. The summed E-state index contributed by atoms with van der Waals surface area (Å²) in [6.45, 7) is 0. The molecule has 70 heavy (non-hydrogen) atoms. The summed E-state index contributed by atoms with van der Waals surface area (Å²) in [5.41, 5.74) is 15.9. The number of fused-ring (bicyclic) bond motifs is 3. The van der Waals surface area contributed by atoms with Gasteiger partial charge in [0, 0.05) is 50.6 Å². The number of benzene rings is 7. The summed E-state index contributed by atoms with van der Waals surface area (Å²) in [5.74, 6) is 6.86. The molecule has 7 heteroatoms. The highest BCUT2D eigenvalue weighted by Gasteiger charge is 2.61. The Labute approximate surface area is 407 Å². The summed E-state index contributed by atoms with van der Waals surface area (Å²) >= 11 is 0. The van der Waals surface area contributed by atoms with Gasteiger partial charge in [-0.1, -0.05) is 170 Å². The van der Waals surface area contributed by atoms with E-state index in [0.29, 0.717) is 46.8 Å². The average Bonchev–Trinajstić information content (AvgIpc) is 3.72. The van der Waals surface area contributed by atoms with Crippen molar-refractivity contribution in [2.45, 2.75) is 37.5 Å². The van der Waals surface area contributed by atoms with E-state index in [0.717, 1.165) is 56.5 Å². The highest BCUT2D eigenvalue weighted by Crippen LogP contribution is 2.69. The van der Waals surface area contributed by atoms with Gasteiger partial charge in [0.1, 0.15) is 0 Å². The zero-order valence-electron chi connectivity index (χ0n) is 38.5. The molecule has 0 unspecified atom stereocenters. The van der Waals surface area contributed by atoms with Gasteiger partial charge in [0.15, 0.2) is 34.9 Å². The number of hydrogen-bond acceptors (Lipinski definition) is 7. The lowest BCUT2D eigenvalue weighted by Gasteiger charge is -2.61. The van der Waals surface area contributed by atoms with E-state index in [4.69, 9.17) is 34.9 Å². The van der Waals surface area contributed by atoms with Crippen molar-refractivity contribution >= 4 is 0 Å². The van der Waals surface area contributed by atoms with Crippen LogP contribution in [0.1, 0.15) is 43.2 Å². The smallest absolute Gasteiger partial charge is 0.165 e. The van der Waals surface area contributed by atoms with Crippen molar-refractivity contribution in [1.29, 1.82) is 0 Å². The summed E-state index contributed by atoms with van der Waals surface area (Å²) in [4.78, 5) is 34.9. The van der Waals surface area contributed by atoms with E-state index in [1.807, 2.05) is 128 Å².